The molecule has 0 aromatic heterocycles. The van der Waals surface area contributed by atoms with Crippen LogP contribution in [0.15, 0.2) is 18.2 Å². The zero-order chi connectivity index (χ0) is 13.5. The second-order valence-corrected chi connectivity index (χ2v) is 4.71. The van der Waals surface area contributed by atoms with Crippen LogP contribution in [0.2, 0.25) is 0 Å². The minimum Gasteiger partial charge on any atom is -0.497 e. The maximum Gasteiger partial charge on any atom is 0.122 e. The SMILES string of the molecule is COc1cc(N)cc(N(CCC#N)CC(C)C)c1. The summed E-state index contributed by atoms with van der Waals surface area (Å²) in [5.41, 5.74) is 7.55. The second-order valence-electron chi connectivity index (χ2n) is 4.71. The summed E-state index contributed by atoms with van der Waals surface area (Å²) in [5, 5.41) is 8.73. The Labute approximate surface area is 109 Å². The smallest absolute Gasteiger partial charge is 0.122 e. The quantitative estimate of drug-likeness (QED) is 0.785. The Morgan fingerprint density at radius 1 is 1.39 bits per heavy atom. The van der Waals surface area contributed by atoms with Gasteiger partial charge in [0.2, 0.25) is 0 Å². The standard InChI is InChI=1S/C14H21N3O/c1-11(2)10-17(6-4-5-15)13-7-12(16)8-14(9-13)18-3/h7-9,11H,4,6,10,16H2,1-3H3. The van der Waals surface area contributed by atoms with Gasteiger partial charge in [-0.05, 0) is 12.0 Å². The zero-order valence-corrected chi connectivity index (χ0v) is 11.3. The first-order valence-corrected chi connectivity index (χ1v) is 6.13. The van der Waals surface area contributed by atoms with Crippen LogP contribution < -0.4 is 15.4 Å². The number of methoxy groups -OCH3 is 1. The normalized spacial score (nSPS) is 10.2. The number of nitrogens with zero attached hydrogens (tertiary/aromatic N) is 2. The van der Waals surface area contributed by atoms with Gasteiger partial charge in [-0.15, -0.1) is 0 Å². The molecule has 0 saturated heterocycles. The molecule has 4 heteroatoms. The van der Waals surface area contributed by atoms with Crippen LogP contribution in [0.5, 0.6) is 5.75 Å². The van der Waals surface area contributed by atoms with Crippen molar-refractivity contribution in [3.05, 3.63) is 18.2 Å². The minimum atomic E-state index is 0.504. The van der Waals surface area contributed by atoms with Gasteiger partial charge < -0.3 is 15.4 Å². The summed E-state index contributed by atoms with van der Waals surface area (Å²) in [7, 11) is 1.63. The van der Waals surface area contributed by atoms with Crippen LogP contribution in [0.4, 0.5) is 11.4 Å². The Bertz CT molecular complexity index is 424. The van der Waals surface area contributed by atoms with Crippen LogP contribution in [-0.2, 0) is 0 Å². The number of benzene rings is 1. The molecular weight excluding hydrogens is 226 g/mol. The summed E-state index contributed by atoms with van der Waals surface area (Å²) >= 11 is 0. The predicted molar refractivity (Wildman–Crippen MR) is 74.7 cm³/mol. The lowest BCUT2D eigenvalue weighted by Gasteiger charge is -2.26. The maximum atomic E-state index is 8.73. The molecule has 0 atom stereocenters. The second kappa shape index (κ2) is 6.75. The summed E-state index contributed by atoms with van der Waals surface area (Å²) in [6, 6.07) is 7.85. The van der Waals surface area contributed by atoms with E-state index in [1.54, 1.807) is 13.2 Å². The van der Waals surface area contributed by atoms with E-state index in [0.717, 1.165) is 18.0 Å². The third kappa shape index (κ3) is 4.17. The highest BCUT2D eigenvalue weighted by Crippen LogP contribution is 2.26. The molecule has 1 aromatic rings. The molecule has 0 bridgehead atoms. The van der Waals surface area contributed by atoms with Gasteiger partial charge >= 0.3 is 0 Å². The summed E-state index contributed by atoms with van der Waals surface area (Å²) in [6.07, 6.45) is 0.504. The molecule has 4 nitrogen and oxygen atoms in total. The van der Waals surface area contributed by atoms with Gasteiger partial charge in [0.1, 0.15) is 5.75 Å². The fourth-order valence-corrected chi connectivity index (χ4v) is 1.86. The van der Waals surface area contributed by atoms with Crippen molar-refractivity contribution in [1.29, 1.82) is 5.26 Å². The van der Waals surface area contributed by atoms with Crippen LogP contribution in [0, 0.1) is 17.2 Å². The topological polar surface area (TPSA) is 62.3 Å². The number of nitrogens with two attached hydrogens (primary N) is 1. The lowest BCUT2D eigenvalue weighted by Crippen LogP contribution is -2.28. The molecule has 0 amide bonds. The lowest BCUT2D eigenvalue weighted by molar-refractivity contribution is 0.415. The first kappa shape index (κ1) is 14.2. The van der Waals surface area contributed by atoms with E-state index in [1.807, 2.05) is 12.1 Å². The average molecular weight is 247 g/mol. The zero-order valence-electron chi connectivity index (χ0n) is 11.3. The molecule has 18 heavy (non-hydrogen) atoms. The Kier molecular flexibility index (Phi) is 5.31. The Balaban J connectivity index is 2.96. The number of rotatable bonds is 6. The highest BCUT2D eigenvalue weighted by Gasteiger charge is 2.10. The van der Waals surface area contributed by atoms with Crippen molar-refractivity contribution in [1.82, 2.24) is 0 Å². The van der Waals surface area contributed by atoms with Crippen molar-refractivity contribution in [3.8, 4) is 11.8 Å². The number of hydrogen-bond donors (Lipinski definition) is 1. The summed E-state index contributed by atoms with van der Waals surface area (Å²) in [4.78, 5) is 2.17. The number of anilines is 2. The Morgan fingerprint density at radius 2 is 2.11 bits per heavy atom. The van der Waals surface area contributed by atoms with Gasteiger partial charge in [-0.25, -0.2) is 0 Å². The molecule has 2 N–H and O–H groups in total. The molecule has 1 rings (SSSR count). The highest BCUT2D eigenvalue weighted by molar-refractivity contribution is 5.60. The largest absolute Gasteiger partial charge is 0.497 e. The molecule has 0 heterocycles. The Hall–Kier alpha value is -1.89. The lowest BCUT2D eigenvalue weighted by atomic mass is 10.1. The molecule has 0 aliphatic heterocycles. The van der Waals surface area contributed by atoms with Crippen molar-refractivity contribution in [3.63, 3.8) is 0 Å². The predicted octanol–water partition coefficient (Wildman–Crippen LogP) is 2.65. The van der Waals surface area contributed by atoms with Gasteiger partial charge in [0.05, 0.1) is 19.6 Å². The highest BCUT2D eigenvalue weighted by atomic mass is 16.5. The molecule has 1 aromatic carbocycles. The molecule has 0 aliphatic carbocycles. The van der Waals surface area contributed by atoms with Crippen molar-refractivity contribution in [2.75, 3.05) is 30.8 Å². The van der Waals surface area contributed by atoms with E-state index in [4.69, 9.17) is 15.7 Å². The van der Waals surface area contributed by atoms with E-state index in [2.05, 4.69) is 24.8 Å². The van der Waals surface area contributed by atoms with Gasteiger partial charge in [0.15, 0.2) is 0 Å². The summed E-state index contributed by atoms with van der Waals surface area (Å²) in [5.74, 6) is 1.27. The first-order chi connectivity index (χ1) is 8.56. The van der Waals surface area contributed by atoms with Crippen LogP contribution in [-0.4, -0.2) is 20.2 Å². The van der Waals surface area contributed by atoms with E-state index in [0.29, 0.717) is 24.6 Å². The van der Waals surface area contributed by atoms with Crippen molar-refractivity contribution < 1.29 is 4.74 Å². The summed E-state index contributed by atoms with van der Waals surface area (Å²) in [6.45, 7) is 5.92. The Morgan fingerprint density at radius 3 is 2.67 bits per heavy atom. The van der Waals surface area contributed by atoms with E-state index >= 15 is 0 Å². The first-order valence-electron chi connectivity index (χ1n) is 6.13. The van der Waals surface area contributed by atoms with Crippen LogP contribution >= 0.6 is 0 Å². The number of hydrogen-bond acceptors (Lipinski definition) is 4. The number of ether oxygens (including phenoxy) is 1. The molecule has 0 unspecified atom stereocenters. The molecule has 0 fully saturated rings. The van der Waals surface area contributed by atoms with Gasteiger partial charge in [0, 0.05) is 36.6 Å². The monoisotopic (exact) mass is 247 g/mol. The third-order valence-electron chi connectivity index (χ3n) is 2.59. The minimum absolute atomic E-state index is 0.504. The number of nitriles is 1. The molecular formula is C14H21N3O. The fraction of sp³-hybridized carbons (Fsp3) is 0.500. The van der Waals surface area contributed by atoms with Crippen LogP contribution in [0.25, 0.3) is 0 Å². The molecule has 0 spiro atoms. The average Bonchev–Trinajstić information content (AvgIpc) is 2.33. The molecule has 0 radical (unpaired) electrons. The van der Waals surface area contributed by atoms with Gasteiger partial charge in [-0.2, -0.15) is 5.26 Å². The molecule has 0 aliphatic rings. The van der Waals surface area contributed by atoms with E-state index in [9.17, 15) is 0 Å². The van der Waals surface area contributed by atoms with Crippen molar-refractivity contribution in [2.45, 2.75) is 20.3 Å². The van der Waals surface area contributed by atoms with E-state index < -0.39 is 0 Å². The summed E-state index contributed by atoms with van der Waals surface area (Å²) < 4.78 is 5.22. The van der Waals surface area contributed by atoms with Crippen molar-refractivity contribution >= 4 is 11.4 Å². The van der Waals surface area contributed by atoms with Crippen molar-refractivity contribution in [2.24, 2.45) is 5.92 Å². The third-order valence-corrected chi connectivity index (χ3v) is 2.59. The molecule has 98 valence electrons. The number of nitrogen functional groups attached to an aromatic ring is 1. The fourth-order valence-electron chi connectivity index (χ4n) is 1.86. The van der Waals surface area contributed by atoms with Gasteiger partial charge in [-0.3, -0.25) is 0 Å². The van der Waals surface area contributed by atoms with E-state index in [-0.39, 0.29) is 0 Å². The van der Waals surface area contributed by atoms with Gasteiger partial charge in [-0.1, -0.05) is 13.8 Å². The molecule has 0 saturated carbocycles. The van der Waals surface area contributed by atoms with E-state index in [1.165, 1.54) is 0 Å². The van der Waals surface area contributed by atoms with Crippen LogP contribution in [0.1, 0.15) is 20.3 Å². The maximum absolute atomic E-state index is 8.73. The van der Waals surface area contributed by atoms with Crippen LogP contribution in [0.3, 0.4) is 0 Å². The van der Waals surface area contributed by atoms with Gasteiger partial charge in [0.25, 0.3) is 0 Å².